The van der Waals surface area contributed by atoms with Crippen molar-refractivity contribution in [3.8, 4) is 0 Å². The summed E-state index contributed by atoms with van der Waals surface area (Å²) in [4.78, 5) is 11.2. The smallest absolute Gasteiger partial charge is 0.254 e. The Balaban J connectivity index is 1.47. The summed E-state index contributed by atoms with van der Waals surface area (Å²) >= 11 is 0. The molecule has 0 saturated carbocycles. The molecule has 1 atom stereocenters. The van der Waals surface area contributed by atoms with Crippen LogP contribution in [-0.2, 0) is 13.0 Å². The number of amides is 1. The third-order valence-corrected chi connectivity index (χ3v) is 3.66. The maximum atomic E-state index is 11.2. The predicted octanol–water partition coefficient (Wildman–Crippen LogP) is 0.449. The Morgan fingerprint density at radius 1 is 1.62 bits per heavy atom. The van der Waals surface area contributed by atoms with Gasteiger partial charge < -0.3 is 20.8 Å². The van der Waals surface area contributed by atoms with E-state index in [1.54, 1.807) is 6.26 Å². The number of nitrogens with one attached hydrogen (secondary N) is 2. The third-order valence-electron chi connectivity index (χ3n) is 3.66. The van der Waals surface area contributed by atoms with Crippen LogP contribution in [0, 0.1) is 5.92 Å². The van der Waals surface area contributed by atoms with Crippen LogP contribution in [0.15, 0.2) is 29.0 Å². The van der Waals surface area contributed by atoms with Crippen molar-refractivity contribution in [1.82, 2.24) is 15.1 Å². The van der Waals surface area contributed by atoms with Crippen molar-refractivity contribution in [1.29, 1.82) is 0 Å². The number of hydrogen-bond donors (Lipinski definition) is 3. The van der Waals surface area contributed by atoms with Crippen molar-refractivity contribution in [3.05, 3.63) is 35.9 Å². The Labute approximate surface area is 122 Å². The molecule has 3 heterocycles. The summed E-state index contributed by atoms with van der Waals surface area (Å²) < 4.78 is 7.09. The number of nitrogens with zero attached hydrogens (tertiary/aromatic N) is 2. The average Bonchev–Trinajstić information content (AvgIpc) is 3.12. The number of fused-ring (bicyclic) bond motifs is 1. The molecule has 1 amide bonds. The van der Waals surface area contributed by atoms with Crippen LogP contribution in [0.1, 0.15) is 16.1 Å². The molecule has 0 aromatic carbocycles. The quantitative estimate of drug-likeness (QED) is 0.671. The van der Waals surface area contributed by atoms with Gasteiger partial charge in [0.25, 0.3) is 5.91 Å². The van der Waals surface area contributed by atoms with Gasteiger partial charge in [-0.25, -0.2) is 4.68 Å². The van der Waals surface area contributed by atoms with Crippen molar-refractivity contribution >= 4 is 11.7 Å². The zero-order chi connectivity index (χ0) is 14.7. The van der Waals surface area contributed by atoms with Crippen molar-refractivity contribution in [2.45, 2.75) is 13.0 Å². The Morgan fingerprint density at radius 2 is 2.52 bits per heavy atom. The summed E-state index contributed by atoms with van der Waals surface area (Å²) in [5.74, 6) is 1.70. The van der Waals surface area contributed by atoms with E-state index in [2.05, 4.69) is 15.7 Å². The van der Waals surface area contributed by atoms with Gasteiger partial charge in [0.2, 0.25) is 0 Å². The first-order valence-electron chi connectivity index (χ1n) is 7.06. The van der Waals surface area contributed by atoms with Gasteiger partial charge in [-0.3, -0.25) is 4.79 Å². The molecule has 1 aliphatic rings. The molecule has 112 valence electrons. The molecule has 0 bridgehead atoms. The van der Waals surface area contributed by atoms with Crippen LogP contribution in [0.2, 0.25) is 0 Å². The highest BCUT2D eigenvalue weighted by Gasteiger charge is 2.23. The second-order valence-electron chi connectivity index (χ2n) is 5.23. The van der Waals surface area contributed by atoms with Gasteiger partial charge in [0.1, 0.15) is 17.1 Å². The van der Waals surface area contributed by atoms with Crippen LogP contribution in [0.3, 0.4) is 0 Å². The second-order valence-corrected chi connectivity index (χ2v) is 5.23. The summed E-state index contributed by atoms with van der Waals surface area (Å²) in [6.45, 7) is 3.35. The van der Waals surface area contributed by atoms with E-state index in [9.17, 15) is 4.79 Å². The molecule has 2 aromatic rings. The molecular weight excluding hydrogens is 270 g/mol. The van der Waals surface area contributed by atoms with E-state index >= 15 is 0 Å². The van der Waals surface area contributed by atoms with Gasteiger partial charge in [0.15, 0.2) is 0 Å². The number of furan rings is 1. The molecule has 2 aromatic heterocycles. The first kappa shape index (κ1) is 13.7. The fourth-order valence-electron chi connectivity index (χ4n) is 2.55. The molecule has 7 nitrogen and oxygen atoms in total. The van der Waals surface area contributed by atoms with Crippen LogP contribution in [0.5, 0.6) is 0 Å². The van der Waals surface area contributed by atoms with Crippen LogP contribution in [-0.4, -0.2) is 35.3 Å². The zero-order valence-corrected chi connectivity index (χ0v) is 11.7. The van der Waals surface area contributed by atoms with Gasteiger partial charge in [-0.2, -0.15) is 5.10 Å². The van der Waals surface area contributed by atoms with Crippen LogP contribution in [0.25, 0.3) is 0 Å². The summed E-state index contributed by atoms with van der Waals surface area (Å²) in [7, 11) is 0. The molecule has 0 radical (unpaired) electrons. The van der Waals surface area contributed by atoms with Crippen molar-refractivity contribution < 1.29 is 9.21 Å². The fraction of sp³-hybridized carbons (Fsp3) is 0.429. The lowest BCUT2D eigenvalue weighted by Gasteiger charge is -2.25. The van der Waals surface area contributed by atoms with Gasteiger partial charge in [-0.15, -0.1) is 0 Å². The minimum Gasteiger partial charge on any atom is -0.469 e. The molecule has 7 heteroatoms. The Bertz CT molecular complexity index is 605. The number of carbonyl (C=O) groups is 1. The number of carbonyl (C=O) groups excluding carboxylic acids is 1. The molecule has 0 spiro atoms. The topological polar surface area (TPSA) is 98.1 Å². The lowest BCUT2D eigenvalue weighted by atomic mass is 10.1. The average molecular weight is 289 g/mol. The molecule has 3 rings (SSSR count). The number of nitrogens with two attached hydrogens (primary N) is 1. The molecule has 0 aliphatic carbocycles. The van der Waals surface area contributed by atoms with Crippen molar-refractivity contribution in [2.24, 2.45) is 11.7 Å². The number of hydrogen-bond acceptors (Lipinski definition) is 5. The minimum absolute atomic E-state index is 0.426. The fourth-order valence-corrected chi connectivity index (χ4v) is 2.55. The standard InChI is InChI=1S/C14H19N5O2/c15-13(20)12-8-18-19-9-10(7-17-14(12)19)6-16-4-3-11-2-1-5-21-11/h1-2,5,8,10,16-17H,3-4,6-7,9H2,(H2,15,20). The number of anilines is 1. The normalized spacial score (nSPS) is 17.2. The van der Waals surface area contributed by atoms with E-state index < -0.39 is 5.91 Å². The molecule has 1 unspecified atom stereocenters. The molecule has 21 heavy (non-hydrogen) atoms. The largest absolute Gasteiger partial charge is 0.469 e. The number of rotatable bonds is 6. The van der Waals surface area contributed by atoms with E-state index in [0.29, 0.717) is 11.5 Å². The van der Waals surface area contributed by atoms with E-state index in [-0.39, 0.29) is 0 Å². The Morgan fingerprint density at radius 3 is 3.29 bits per heavy atom. The molecule has 0 saturated heterocycles. The van der Waals surface area contributed by atoms with Crippen LogP contribution < -0.4 is 16.4 Å². The minimum atomic E-state index is -0.446. The number of primary amides is 1. The number of aromatic nitrogens is 2. The van der Waals surface area contributed by atoms with Gasteiger partial charge in [0, 0.05) is 38.5 Å². The Hall–Kier alpha value is -2.28. The summed E-state index contributed by atoms with van der Waals surface area (Å²) in [6, 6.07) is 3.88. The van der Waals surface area contributed by atoms with Gasteiger partial charge in [-0.05, 0) is 12.1 Å². The molecule has 0 fully saturated rings. The zero-order valence-electron chi connectivity index (χ0n) is 11.7. The van der Waals surface area contributed by atoms with Gasteiger partial charge in [0.05, 0.1) is 12.5 Å². The summed E-state index contributed by atoms with van der Waals surface area (Å²) in [6.07, 6.45) is 4.10. The lowest BCUT2D eigenvalue weighted by molar-refractivity contribution is 0.100. The van der Waals surface area contributed by atoms with Crippen LogP contribution >= 0.6 is 0 Å². The molecule has 1 aliphatic heterocycles. The third kappa shape index (κ3) is 3.08. The first-order chi connectivity index (χ1) is 10.2. The molecular formula is C14H19N5O2. The summed E-state index contributed by atoms with van der Waals surface area (Å²) in [5.41, 5.74) is 5.77. The highest BCUT2D eigenvalue weighted by molar-refractivity contribution is 5.97. The monoisotopic (exact) mass is 289 g/mol. The second kappa shape index (κ2) is 6.01. The van der Waals surface area contributed by atoms with Crippen molar-refractivity contribution in [3.63, 3.8) is 0 Å². The van der Waals surface area contributed by atoms with E-state index in [1.807, 2.05) is 16.8 Å². The van der Waals surface area contributed by atoms with E-state index in [1.165, 1.54) is 6.20 Å². The Kier molecular flexibility index (Phi) is 3.92. The lowest BCUT2D eigenvalue weighted by Crippen LogP contribution is -2.36. The van der Waals surface area contributed by atoms with Crippen LogP contribution in [0.4, 0.5) is 5.82 Å². The highest BCUT2D eigenvalue weighted by atomic mass is 16.3. The molecule has 4 N–H and O–H groups in total. The van der Waals surface area contributed by atoms with Gasteiger partial charge >= 0.3 is 0 Å². The van der Waals surface area contributed by atoms with Gasteiger partial charge in [-0.1, -0.05) is 0 Å². The summed E-state index contributed by atoms with van der Waals surface area (Å²) in [5, 5.41) is 10.9. The highest BCUT2D eigenvalue weighted by Crippen LogP contribution is 2.20. The maximum Gasteiger partial charge on any atom is 0.254 e. The van der Waals surface area contributed by atoms with E-state index in [4.69, 9.17) is 10.2 Å². The SMILES string of the molecule is NC(=O)c1cnn2c1NCC(CNCCc1ccco1)C2. The predicted molar refractivity (Wildman–Crippen MR) is 78.0 cm³/mol. The van der Waals surface area contributed by atoms with Crippen molar-refractivity contribution in [2.75, 3.05) is 25.0 Å². The first-order valence-corrected chi connectivity index (χ1v) is 7.06. The van der Waals surface area contributed by atoms with E-state index in [0.717, 1.165) is 44.2 Å². The maximum absolute atomic E-state index is 11.2.